The van der Waals surface area contributed by atoms with Gasteiger partial charge < -0.3 is 10.1 Å². The zero-order chi connectivity index (χ0) is 24.9. The van der Waals surface area contributed by atoms with Crippen molar-refractivity contribution in [2.45, 2.75) is 17.7 Å². The van der Waals surface area contributed by atoms with Crippen molar-refractivity contribution in [3.05, 3.63) is 88.9 Å². The van der Waals surface area contributed by atoms with Gasteiger partial charge in [0, 0.05) is 12.8 Å². The van der Waals surface area contributed by atoms with Crippen LogP contribution in [0.3, 0.4) is 0 Å². The monoisotopic (exact) mass is 512 g/mol. The van der Waals surface area contributed by atoms with Crippen LogP contribution < -0.4 is 9.62 Å². The first-order valence-electron chi connectivity index (χ1n) is 9.84. The first-order valence-corrected chi connectivity index (χ1v) is 11.7. The number of ether oxygens (including phenoxy) is 1. The zero-order valence-corrected chi connectivity index (χ0v) is 19.4. The Hall–Kier alpha value is -3.08. The van der Waals surface area contributed by atoms with Crippen LogP contribution in [0.2, 0.25) is 5.02 Å². The Labute approximate surface area is 200 Å². The average Bonchev–Trinajstić information content (AvgIpc) is 2.78. The Balaban J connectivity index is 2.00. The molecule has 0 aliphatic rings. The molecule has 1 amide bonds. The minimum Gasteiger partial charge on any atom is -0.380 e. The summed E-state index contributed by atoms with van der Waals surface area (Å²) >= 11 is 5.69. The number of hydrogen-bond donors (Lipinski definition) is 1. The number of methoxy groups -OCH3 is 1. The van der Waals surface area contributed by atoms with Gasteiger partial charge in [0.05, 0.1) is 27.8 Å². The molecule has 0 bridgehead atoms. The summed E-state index contributed by atoms with van der Waals surface area (Å²) < 4.78 is 72.6. The van der Waals surface area contributed by atoms with E-state index in [0.717, 1.165) is 17.7 Å². The predicted octanol–water partition coefficient (Wildman–Crippen LogP) is 5.34. The van der Waals surface area contributed by atoms with E-state index >= 15 is 0 Å². The Morgan fingerprint density at radius 1 is 1.03 bits per heavy atom. The zero-order valence-electron chi connectivity index (χ0n) is 17.8. The highest BCUT2D eigenvalue weighted by Gasteiger charge is 2.35. The summed E-state index contributed by atoms with van der Waals surface area (Å²) in [6.07, 6.45) is -4.82. The van der Waals surface area contributed by atoms with Gasteiger partial charge >= 0.3 is 6.18 Å². The summed E-state index contributed by atoms with van der Waals surface area (Å²) in [5, 5.41) is 1.98. The van der Waals surface area contributed by atoms with Crippen molar-refractivity contribution in [1.82, 2.24) is 0 Å². The first-order chi connectivity index (χ1) is 16.0. The topological polar surface area (TPSA) is 75.7 Å². The molecule has 0 heterocycles. The smallest absolute Gasteiger partial charge is 0.380 e. The summed E-state index contributed by atoms with van der Waals surface area (Å²) in [4.78, 5) is 12.6. The molecule has 0 aliphatic heterocycles. The SMILES string of the molecule is COCc1cccc(NC(=O)CN(c2ccc(Cl)c(C(F)(F)F)c2)S(=O)(=O)c2ccccc2)c1. The Morgan fingerprint density at radius 2 is 1.74 bits per heavy atom. The molecule has 0 atom stereocenters. The third-order valence-corrected chi connectivity index (χ3v) is 6.80. The molecule has 180 valence electrons. The molecule has 11 heteroatoms. The maximum Gasteiger partial charge on any atom is 0.417 e. The van der Waals surface area contributed by atoms with E-state index < -0.39 is 39.2 Å². The van der Waals surface area contributed by atoms with Crippen molar-refractivity contribution in [3.8, 4) is 0 Å². The van der Waals surface area contributed by atoms with Crippen LogP contribution in [-0.2, 0) is 32.3 Å². The normalized spacial score (nSPS) is 11.8. The number of hydrogen-bond acceptors (Lipinski definition) is 4. The lowest BCUT2D eigenvalue weighted by Crippen LogP contribution is -2.38. The number of amides is 1. The van der Waals surface area contributed by atoms with E-state index in [1.807, 2.05) is 0 Å². The van der Waals surface area contributed by atoms with Crippen LogP contribution in [0, 0.1) is 0 Å². The van der Waals surface area contributed by atoms with Crippen molar-refractivity contribution in [2.75, 3.05) is 23.3 Å². The van der Waals surface area contributed by atoms with Gasteiger partial charge in [-0.3, -0.25) is 9.10 Å². The Kier molecular flexibility index (Phi) is 7.86. The van der Waals surface area contributed by atoms with Crippen LogP contribution in [0.25, 0.3) is 0 Å². The largest absolute Gasteiger partial charge is 0.417 e. The van der Waals surface area contributed by atoms with Crippen LogP contribution >= 0.6 is 11.6 Å². The number of alkyl halides is 3. The fourth-order valence-electron chi connectivity index (χ4n) is 3.16. The molecule has 0 fully saturated rings. The number of nitrogens with zero attached hydrogens (tertiary/aromatic N) is 1. The number of sulfonamides is 1. The van der Waals surface area contributed by atoms with Crippen LogP contribution in [-0.4, -0.2) is 28.0 Å². The van der Waals surface area contributed by atoms with Crippen molar-refractivity contribution < 1.29 is 31.1 Å². The second kappa shape index (κ2) is 10.5. The molecule has 0 saturated heterocycles. The summed E-state index contributed by atoms with van der Waals surface area (Å²) in [5.41, 5.74) is -0.429. The number of nitrogens with one attached hydrogen (secondary N) is 1. The summed E-state index contributed by atoms with van der Waals surface area (Å²) in [7, 11) is -2.88. The summed E-state index contributed by atoms with van der Waals surface area (Å²) in [5.74, 6) is -0.752. The number of anilines is 2. The third-order valence-electron chi connectivity index (χ3n) is 4.68. The molecular formula is C23H20ClF3N2O4S. The van der Waals surface area contributed by atoms with E-state index in [1.165, 1.54) is 31.4 Å². The van der Waals surface area contributed by atoms with Crippen molar-refractivity contribution >= 4 is 38.9 Å². The molecule has 0 aromatic heterocycles. The van der Waals surface area contributed by atoms with Crippen molar-refractivity contribution in [3.63, 3.8) is 0 Å². The summed E-state index contributed by atoms with van der Waals surface area (Å²) in [6.45, 7) is -0.478. The molecule has 34 heavy (non-hydrogen) atoms. The maximum atomic E-state index is 13.4. The Bertz CT molecular complexity index is 1270. The van der Waals surface area contributed by atoms with E-state index in [-0.39, 0.29) is 10.6 Å². The van der Waals surface area contributed by atoms with Crippen molar-refractivity contribution in [1.29, 1.82) is 0 Å². The predicted molar refractivity (Wildman–Crippen MR) is 123 cm³/mol. The van der Waals surface area contributed by atoms with Gasteiger partial charge in [-0.1, -0.05) is 41.9 Å². The van der Waals surface area contributed by atoms with E-state index in [0.29, 0.717) is 22.7 Å². The number of carbonyl (C=O) groups excluding carboxylic acids is 1. The van der Waals surface area contributed by atoms with E-state index in [1.54, 1.807) is 30.3 Å². The van der Waals surface area contributed by atoms with Gasteiger partial charge in [0.25, 0.3) is 10.0 Å². The second-order valence-corrected chi connectivity index (χ2v) is 9.44. The van der Waals surface area contributed by atoms with E-state index in [9.17, 15) is 26.4 Å². The second-order valence-electron chi connectivity index (χ2n) is 7.17. The average molecular weight is 513 g/mol. The lowest BCUT2D eigenvalue weighted by atomic mass is 10.2. The number of rotatable bonds is 8. The molecule has 0 saturated carbocycles. The van der Waals surface area contributed by atoms with Crippen LogP contribution in [0.4, 0.5) is 24.5 Å². The standard InChI is InChI=1S/C23H20ClF3N2O4S/c1-33-15-16-6-5-7-17(12-16)28-22(30)14-29(34(31,32)19-8-3-2-4-9-19)18-10-11-21(24)20(13-18)23(25,26)27/h2-13H,14-15H2,1H3,(H,28,30). The lowest BCUT2D eigenvalue weighted by Gasteiger charge is -2.25. The van der Waals surface area contributed by atoms with Crippen molar-refractivity contribution in [2.24, 2.45) is 0 Å². The van der Waals surface area contributed by atoms with Crippen LogP contribution in [0.1, 0.15) is 11.1 Å². The molecule has 3 aromatic rings. The number of halogens is 4. The first kappa shape index (κ1) is 25.5. The summed E-state index contributed by atoms with van der Waals surface area (Å²) in [6, 6.07) is 16.5. The molecule has 3 rings (SSSR count). The Morgan fingerprint density at radius 3 is 2.38 bits per heavy atom. The van der Waals surface area contributed by atoms with Gasteiger partial charge in [0.15, 0.2) is 0 Å². The molecular weight excluding hydrogens is 493 g/mol. The lowest BCUT2D eigenvalue weighted by molar-refractivity contribution is -0.137. The highest BCUT2D eigenvalue weighted by Crippen LogP contribution is 2.38. The van der Waals surface area contributed by atoms with Gasteiger partial charge in [0.1, 0.15) is 6.54 Å². The quantitative estimate of drug-likeness (QED) is 0.442. The minimum atomic E-state index is -4.82. The molecule has 6 nitrogen and oxygen atoms in total. The van der Waals surface area contributed by atoms with Gasteiger partial charge in [0.2, 0.25) is 5.91 Å². The number of carbonyl (C=O) groups is 1. The highest BCUT2D eigenvalue weighted by molar-refractivity contribution is 7.92. The highest BCUT2D eigenvalue weighted by atomic mass is 35.5. The number of benzene rings is 3. The van der Waals surface area contributed by atoms with Gasteiger partial charge in [-0.25, -0.2) is 8.42 Å². The fourth-order valence-corrected chi connectivity index (χ4v) is 4.82. The van der Waals surface area contributed by atoms with Gasteiger partial charge in [-0.15, -0.1) is 0 Å². The molecule has 0 aliphatic carbocycles. The van der Waals surface area contributed by atoms with Crippen LogP contribution in [0.5, 0.6) is 0 Å². The molecule has 0 radical (unpaired) electrons. The van der Waals surface area contributed by atoms with Crippen LogP contribution in [0.15, 0.2) is 77.7 Å². The molecule has 1 N–H and O–H groups in total. The molecule has 0 unspecified atom stereocenters. The van der Waals surface area contributed by atoms with Gasteiger partial charge in [-0.2, -0.15) is 13.2 Å². The van der Waals surface area contributed by atoms with E-state index in [2.05, 4.69) is 5.32 Å². The third kappa shape index (κ3) is 6.07. The molecule has 3 aromatic carbocycles. The fraction of sp³-hybridized carbons (Fsp3) is 0.174. The van der Waals surface area contributed by atoms with Gasteiger partial charge in [-0.05, 0) is 48.0 Å². The van der Waals surface area contributed by atoms with E-state index in [4.69, 9.17) is 16.3 Å². The molecule has 0 spiro atoms. The maximum absolute atomic E-state index is 13.4. The minimum absolute atomic E-state index is 0.187.